The standard InChI is InChI=1S/C24H16F5NO/c1-13-21(23(31)24(27,28)29)18-12-16(25)10-11-20(18)30-22(13)15-8-6-14(7-9-15)17-4-2-3-5-19(17)26/h2-12,23,31H,1H3. The van der Waals surface area contributed by atoms with Crippen LogP contribution >= 0.6 is 0 Å². The molecular formula is C24H16F5NO. The molecule has 0 fully saturated rings. The van der Waals surface area contributed by atoms with Crippen LogP contribution in [0.5, 0.6) is 0 Å². The average Bonchev–Trinajstić information content (AvgIpc) is 2.73. The second-order valence-corrected chi connectivity index (χ2v) is 7.16. The van der Waals surface area contributed by atoms with E-state index < -0.39 is 29.5 Å². The zero-order valence-electron chi connectivity index (χ0n) is 16.2. The number of hydrogen-bond donors (Lipinski definition) is 1. The van der Waals surface area contributed by atoms with Crippen LogP contribution in [-0.2, 0) is 0 Å². The molecule has 0 aliphatic carbocycles. The van der Waals surface area contributed by atoms with E-state index in [1.54, 1.807) is 42.5 Å². The monoisotopic (exact) mass is 429 g/mol. The number of pyridine rings is 1. The summed E-state index contributed by atoms with van der Waals surface area (Å²) < 4.78 is 67.9. The summed E-state index contributed by atoms with van der Waals surface area (Å²) in [5.74, 6) is -1.13. The van der Waals surface area contributed by atoms with E-state index in [0.29, 0.717) is 16.7 Å². The second kappa shape index (κ2) is 7.74. The van der Waals surface area contributed by atoms with Gasteiger partial charge in [0.1, 0.15) is 11.6 Å². The largest absolute Gasteiger partial charge is 0.418 e. The lowest BCUT2D eigenvalue weighted by atomic mass is 9.93. The molecule has 31 heavy (non-hydrogen) atoms. The lowest BCUT2D eigenvalue weighted by Gasteiger charge is -2.21. The van der Waals surface area contributed by atoms with Gasteiger partial charge in [-0.1, -0.05) is 42.5 Å². The first-order valence-corrected chi connectivity index (χ1v) is 9.36. The molecule has 0 amide bonds. The summed E-state index contributed by atoms with van der Waals surface area (Å²) in [6.45, 7) is 1.40. The number of alkyl halides is 3. The Balaban J connectivity index is 1.89. The fourth-order valence-corrected chi connectivity index (χ4v) is 3.66. The van der Waals surface area contributed by atoms with Crippen LogP contribution in [0.2, 0.25) is 0 Å². The van der Waals surface area contributed by atoms with Crippen LogP contribution < -0.4 is 0 Å². The van der Waals surface area contributed by atoms with Gasteiger partial charge < -0.3 is 5.11 Å². The summed E-state index contributed by atoms with van der Waals surface area (Å²) in [5.41, 5.74) is 1.46. The van der Waals surface area contributed by atoms with E-state index in [-0.39, 0.29) is 22.2 Å². The van der Waals surface area contributed by atoms with E-state index in [0.717, 1.165) is 12.1 Å². The van der Waals surface area contributed by atoms with Crippen molar-refractivity contribution in [1.82, 2.24) is 4.98 Å². The number of benzene rings is 3. The maximum absolute atomic E-state index is 14.0. The van der Waals surface area contributed by atoms with Crippen LogP contribution in [0.4, 0.5) is 22.0 Å². The highest BCUT2D eigenvalue weighted by molar-refractivity contribution is 5.88. The van der Waals surface area contributed by atoms with Crippen LogP contribution in [0.25, 0.3) is 33.3 Å². The van der Waals surface area contributed by atoms with Gasteiger partial charge >= 0.3 is 6.18 Å². The number of nitrogens with zero attached hydrogens (tertiary/aromatic N) is 1. The number of hydrogen-bond acceptors (Lipinski definition) is 2. The molecule has 1 N–H and O–H groups in total. The SMILES string of the molecule is Cc1c(-c2ccc(-c3ccccc3F)cc2)nc2ccc(F)cc2c1C(O)C(F)(F)F. The van der Waals surface area contributed by atoms with E-state index in [1.165, 1.54) is 19.1 Å². The van der Waals surface area contributed by atoms with Gasteiger partial charge in [-0.05, 0) is 42.3 Å². The Morgan fingerprint density at radius 1 is 0.871 bits per heavy atom. The highest BCUT2D eigenvalue weighted by atomic mass is 19.4. The lowest BCUT2D eigenvalue weighted by Crippen LogP contribution is -2.22. The molecule has 0 saturated heterocycles. The topological polar surface area (TPSA) is 33.1 Å². The van der Waals surface area contributed by atoms with Crippen LogP contribution in [0.3, 0.4) is 0 Å². The van der Waals surface area contributed by atoms with E-state index in [1.807, 2.05) is 0 Å². The minimum atomic E-state index is -4.93. The predicted octanol–water partition coefficient (Wildman–Crippen LogP) is 6.75. The summed E-state index contributed by atoms with van der Waals surface area (Å²) in [4.78, 5) is 4.41. The Kier molecular flexibility index (Phi) is 5.23. The molecule has 1 atom stereocenters. The fraction of sp³-hybridized carbons (Fsp3) is 0.125. The summed E-state index contributed by atoms with van der Waals surface area (Å²) >= 11 is 0. The summed E-state index contributed by atoms with van der Waals surface area (Å²) in [5, 5.41) is 9.90. The Morgan fingerprint density at radius 3 is 2.16 bits per heavy atom. The van der Waals surface area contributed by atoms with E-state index in [2.05, 4.69) is 4.98 Å². The summed E-state index contributed by atoms with van der Waals surface area (Å²) in [6.07, 6.45) is -7.73. The number of aromatic nitrogens is 1. The predicted molar refractivity (Wildman–Crippen MR) is 108 cm³/mol. The number of fused-ring (bicyclic) bond motifs is 1. The van der Waals surface area contributed by atoms with Crippen molar-refractivity contribution in [2.24, 2.45) is 0 Å². The van der Waals surface area contributed by atoms with Crippen LogP contribution in [0, 0.1) is 18.6 Å². The number of aliphatic hydroxyl groups is 1. The Hall–Kier alpha value is -3.32. The third-order valence-electron chi connectivity index (χ3n) is 5.17. The molecule has 0 spiro atoms. The van der Waals surface area contributed by atoms with Crippen molar-refractivity contribution in [3.63, 3.8) is 0 Å². The first-order valence-electron chi connectivity index (χ1n) is 9.36. The summed E-state index contributed by atoms with van der Waals surface area (Å²) in [6, 6.07) is 16.1. The van der Waals surface area contributed by atoms with Crippen molar-refractivity contribution < 1.29 is 27.1 Å². The van der Waals surface area contributed by atoms with Gasteiger partial charge in [0.2, 0.25) is 0 Å². The number of halogens is 5. The normalized spacial score (nSPS) is 12.9. The molecule has 2 nitrogen and oxygen atoms in total. The molecule has 0 aliphatic rings. The minimum Gasteiger partial charge on any atom is -0.379 e. The van der Waals surface area contributed by atoms with Crippen LogP contribution in [0.15, 0.2) is 66.7 Å². The fourth-order valence-electron chi connectivity index (χ4n) is 3.66. The van der Waals surface area contributed by atoms with Crippen molar-refractivity contribution in [2.75, 3.05) is 0 Å². The molecule has 4 aromatic rings. The Morgan fingerprint density at radius 2 is 1.52 bits per heavy atom. The molecule has 0 bridgehead atoms. The molecule has 4 rings (SSSR count). The van der Waals surface area contributed by atoms with Crippen molar-refractivity contribution in [1.29, 1.82) is 0 Å². The zero-order chi connectivity index (χ0) is 22.3. The van der Waals surface area contributed by atoms with Gasteiger partial charge in [0.05, 0.1) is 11.2 Å². The maximum Gasteiger partial charge on any atom is 0.418 e. The number of rotatable bonds is 3. The Labute approximate surface area is 174 Å². The first-order chi connectivity index (χ1) is 14.7. The summed E-state index contributed by atoms with van der Waals surface area (Å²) in [7, 11) is 0. The quantitative estimate of drug-likeness (QED) is 0.366. The second-order valence-electron chi connectivity index (χ2n) is 7.16. The molecule has 0 radical (unpaired) electrons. The molecule has 0 aliphatic heterocycles. The maximum atomic E-state index is 14.0. The number of aliphatic hydroxyl groups excluding tert-OH is 1. The van der Waals surface area contributed by atoms with Crippen LogP contribution in [0.1, 0.15) is 17.2 Å². The highest BCUT2D eigenvalue weighted by Crippen LogP contribution is 2.40. The van der Waals surface area contributed by atoms with E-state index in [9.17, 15) is 27.1 Å². The van der Waals surface area contributed by atoms with Gasteiger partial charge in [-0.3, -0.25) is 0 Å². The van der Waals surface area contributed by atoms with Crippen molar-refractivity contribution in [2.45, 2.75) is 19.2 Å². The molecule has 7 heteroatoms. The van der Waals surface area contributed by atoms with Gasteiger partial charge in [0, 0.05) is 22.1 Å². The highest BCUT2D eigenvalue weighted by Gasteiger charge is 2.41. The van der Waals surface area contributed by atoms with Crippen molar-refractivity contribution in [3.8, 4) is 22.4 Å². The van der Waals surface area contributed by atoms with Gasteiger partial charge in [-0.2, -0.15) is 13.2 Å². The molecule has 1 unspecified atom stereocenters. The van der Waals surface area contributed by atoms with E-state index in [4.69, 9.17) is 0 Å². The first kappa shape index (κ1) is 20.9. The average molecular weight is 429 g/mol. The third kappa shape index (κ3) is 3.88. The molecule has 1 heterocycles. The smallest absolute Gasteiger partial charge is 0.379 e. The van der Waals surface area contributed by atoms with Crippen molar-refractivity contribution >= 4 is 10.9 Å². The molecular weight excluding hydrogens is 413 g/mol. The minimum absolute atomic E-state index is 0.0848. The molecule has 3 aromatic carbocycles. The van der Waals surface area contributed by atoms with Gasteiger partial charge in [0.25, 0.3) is 0 Å². The third-order valence-corrected chi connectivity index (χ3v) is 5.17. The van der Waals surface area contributed by atoms with Gasteiger partial charge in [-0.25, -0.2) is 13.8 Å². The van der Waals surface area contributed by atoms with Gasteiger partial charge in [0.15, 0.2) is 6.10 Å². The van der Waals surface area contributed by atoms with Crippen molar-refractivity contribution in [3.05, 3.63) is 89.5 Å². The Bertz CT molecular complexity index is 1270. The molecule has 1 aromatic heterocycles. The van der Waals surface area contributed by atoms with E-state index >= 15 is 0 Å². The molecule has 158 valence electrons. The van der Waals surface area contributed by atoms with Gasteiger partial charge in [-0.15, -0.1) is 0 Å². The molecule has 0 saturated carbocycles. The zero-order valence-corrected chi connectivity index (χ0v) is 16.2. The van der Waals surface area contributed by atoms with Crippen LogP contribution in [-0.4, -0.2) is 16.3 Å². The lowest BCUT2D eigenvalue weighted by molar-refractivity contribution is -0.206.